The molecular weight excluding hydrogens is 282 g/mol. The van der Waals surface area contributed by atoms with Gasteiger partial charge in [-0.15, -0.1) is 0 Å². The van der Waals surface area contributed by atoms with Gasteiger partial charge in [0.25, 0.3) is 11.6 Å². The first-order valence-electron chi connectivity index (χ1n) is 6.09. The third-order valence-electron chi connectivity index (χ3n) is 2.66. The Morgan fingerprint density at radius 1 is 1.45 bits per heavy atom. The van der Waals surface area contributed by atoms with E-state index in [9.17, 15) is 19.1 Å². The summed E-state index contributed by atoms with van der Waals surface area (Å²) in [5.74, 6) is 0.607. The van der Waals surface area contributed by atoms with Gasteiger partial charge in [-0.1, -0.05) is 6.92 Å². The predicted octanol–water partition coefficient (Wildman–Crippen LogP) is 1.13. The molecule has 0 fully saturated rings. The second-order valence-electron chi connectivity index (χ2n) is 3.93. The molecule has 1 rings (SSSR count). The molecule has 0 spiro atoms. The number of hydrogen-bond donors (Lipinski definition) is 2. The second-order valence-corrected chi connectivity index (χ2v) is 5.79. The van der Waals surface area contributed by atoms with Gasteiger partial charge in [0, 0.05) is 47.5 Å². The fourth-order valence-corrected chi connectivity index (χ4v) is 2.18. The van der Waals surface area contributed by atoms with E-state index in [1.54, 1.807) is 7.05 Å². The molecule has 0 aliphatic rings. The zero-order valence-corrected chi connectivity index (χ0v) is 12.2. The van der Waals surface area contributed by atoms with Gasteiger partial charge in [-0.2, -0.15) is 0 Å². The van der Waals surface area contributed by atoms with E-state index in [1.807, 2.05) is 6.92 Å². The largest absolute Gasteiger partial charge is 0.383 e. The molecule has 0 heterocycles. The van der Waals surface area contributed by atoms with E-state index in [2.05, 4.69) is 10.6 Å². The van der Waals surface area contributed by atoms with E-state index in [4.69, 9.17) is 0 Å². The second kappa shape index (κ2) is 7.59. The molecule has 1 unspecified atom stereocenters. The van der Waals surface area contributed by atoms with Crippen molar-refractivity contribution in [3.63, 3.8) is 0 Å². The number of carbonyl (C=O) groups excluding carboxylic acids is 1. The molecule has 20 heavy (non-hydrogen) atoms. The number of nitro benzene ring substituents is 1. The summed E-state index contributed by atoms with van der Waals surface area (Å²) in [7, 11) is 0.618. The molecule has 8 heteroatoms. The van der Waals surface area contributed by atoms with Crippen LogP contribution in [-0.4, -0.2) is 40.1 Å². The molecule has 1 atom stereocenters. The molecule has 0 radical (unpaired) electrons. The van der Waals surface area contributed by atoms with Crippen LogP contribution in [0.2, 0.25) is 0 Å². The maximum absolute atomic E-state index is 11.9. The van der Waals surface area contributed by atoms with Crippen LogP contribution in [-0.2, 0) is 10.8 Å². The molecule has 0 aromatic heterocycles. The van der Waals surface area contributed by atoms with Crippen LogP contribution in [0.5, 0.6) is 0 Å². The van der Waals surface area contributed by atoms with Gasteiger partial charge >= 0.3 is 0 Å². The van der Waals surface area contributed by atoms with E-state index in [-0.39, 0.29) is 17.3 Å². The van der Waals surface area contributed by atoms with Crippen molar-refractivity contribution >= 4 is 28.1 Å². The van der Waals surface area contributed by atoms with E-state index in [1.165, 1.54) is 18.2 Å². The highest BCUT2D eigenvalue weighted by Gasteiger charge is 2.15. The minimum absolute atomic E-state index is 0.0869. The molecule has 1 amide bonds. The van der Waals surface area contributed by atoms with E-state index < -0.39 is 15.7 Å². The summed E-state index contributed by atoms with van der Waals surface area (Å²) in [6.45, 7) is 2.12. The summed E-state index contributed by atoms with van der Waals surface area (Å²) in [4.78, 5) is 22.1. The lowest BCUT2D eigenvalue weighted by Crippen LogP contribution is -2.28. The van der Waals surface area contributed by atoms with Gasteiger partial charge < -0.3 is 10.6 Å². The van der Waals surface area contributed by atoms with E-state index >= 15 is 0 Å². The summed E-state index contributed by atoms with van der Waals surface area (Å²) < 4.78 is 11.2. The van der Waals surface area contributed by atoms with Crippen molar-refractivity contribution in [2.75, 3.05) is 30.4 Å². The number of nitrogens with zero attached hydrogens (tertiary/aromatic N) is 1. The summed E-state index contributed by atoms with van der Waals surface area (Å²) >= 11 is 0. The molecule has 1 aromatic carbocycles. The minimum atomic E-state index is -0.932. The smallest absolute Gasteiger partial charge is 0.292 e. The Labute approximate surface area is 119 Å². The fourth-order valence-electron chi connectivity index (χ4n) is 1.56. The van der Waals surface area contributed by atoms with Crippen LogP contribution in [0.15, 0.2) is 18.2 Å². The van der Waals surface area contributed by atoms with Crippen molar-refractivity contribution in [2.45, 2.75) is 6.92 Å². The van der Waals surface area contributed by atoms with Crippen molar-refractivity contribution in [3.8, 4) is 0 Å². The van der Waals surface area contributed by atoms with Crippen LogP contribution in [0.3, 0.4) is 0 Å². The van der Waals surface area contributed by atoms with Crippen LogP contribution < -0.4 is 10.6 Å². The summed E-state index contributed by atoms with van der Waals surface area (Å²) in [6.07, 6.45) is 0. The Morgan fingerprint density at radius 2 is 2.15 bits per heavy atom. The first-order chi connectivity index (χ1) is 9.49. The standard InChI is InChI=1S/C12H17N3O4S/c1-3-20(19)7-6-14-12(16)9-4-5-11(15(17)18)10(8-9)13-2/h4-5,8,13H,3,6-7H2,1-2H3,(H,14,16). The predicted molar refractivity (Wildman–Crippen MR) is 78.5 cm³/mol. The Hall–Kier alpha value is -1.96. The number of hydrogen-bond acceptors (Lipinski definition) is 5. The SMILES string of the molecule is CCS(=O)CCNC(=O)c1ccc([N+](=O)[O-])c(NC)c1. The Bertz CT molecular complexity index is 533. The van der Waals surface area contributed by atoms with Crippen molar-refractivity contribution in [3.05, 3.63) is 33.9 Å². The van der Waals surface area contributed by atoms with Crippen LogP contribution in [0, 0.1) is 10.1 Å². The molecule has 2 N–H and O–H groups in total. The normalized spacial score (nSPS) is 11.7. The van der Waals surface area contributed by atoms with Gasteiger partial charge in [-0.25, -0.2) is 0 Å². The molecule has 0 aliphatic heterocycles. The molecule has 110 valence electrons. The Kier molecular flexibility index (Phi) is 6.10. The molecule has 0 saturated heterocycles. The first kappa shape index (κ1) is 16.1. The fraction of sp³-hybridized carbons (Fsp3) is 0.417. The van der Waals surface area contributed by atoms with E-state index in [0.29, 0.717) is 23.6 Å². The van der Waals surface area contributed by atoms with Crippen LogP contribution in [0.1, 0.15) is 17.3 Å². The molecular formula is C12H17N3O4S. The monoisotopic (exact) mass is 299 g/mol. The van der Waals surface area contributed by atoms with Gasteiger partial charge in [0.15, 0.2) is 0 Å². The number of carbonyl (C=O) groups is 1. The van der Waals surface area contributed by atoms with Crippen LogP contribution in [0.4, 0.5) is 11.4 Å². The first-order valence-corrected chi connectivity index (χ1v) is 7.57. The summed E-state index contributed by atoms with van der Waals surface area (Å²) in [5, 5.41) is 16.1. The van der Waals surface area contributed by atoms with Gasteiger partial charge in [0.1, 0.15) is 5.69 Å². The molecule has 0 bridgehead atoms. The third-order valence-corrected chi connectivity index (χ3v) is 3.97. The highest BCUT2D eigenvalue weighted by molar-refractivity contribution is 7.84. The Morgan fingerprint density at radius 3 is 2.70 bits per heavy atom. The number of rotatable bonds is 7. The maximum atomic E-state index is 11.9. The number of benzene rings is 1. The minimum Gasteiger partial charge on any atom is -0.383 e. The molecule has 0 aliphatic carbocycles. The third kappa shape index (κ3) is 4.30. The van der Waals surface area contributed by atoms with Gasteiger partial charge in [-0.05, 0) is 12.1 Å². The molecule has 0 saturated carbocycles. The Balaban J connectivity index is 2.74. The van der Waals surface area contributed by atoms with Crippen LogP contribution in [0.25, 0.3) is 0 Å². The van der Waals surface area contributed by atoms with Crippen LogP contribution >= 0.6 is 0 Å². The van der Waals surface area contributed by atoms with Crippen molar-refractivity contribution in [1.29, 1.82) is 0 Å². The van der Waals surface area contributed by atoms with E-state index in [0.717, 1.165) is 0 Å². The van der Waals surface area contributed by atoms with Crippen molar-refractivity contribution < 1.29 is 13.9 Å². The average molecular weight is 299 g/mol. The molecule has 1 aromatic rings. The lowest BCUT2D eigenvalue weighted by Gasteiger charge is -2.07. The van der Waals surface area contributed by atoms with Gasteiger partial charge in [0.05, 0.1) is 4.92 Å². The number of anilines is 1. The zero-order chi connectivity index (χ0) is 15.1. The number of nitro groups is 1. The number of nitrogens with one attached hydrogen (secondary N) is 2. The van der Waals surface area contributed by atoms with Crippen molar-refractivity contribution in [2.24, 2.45) is 0 Å². The number of amides is 1. The van der Waals surface area contributed by atoms with Gasteiger partial charge in [-0.3, -0.25) is 19.1 Å². The topological polar surface area (TPSA) is 101 Å². The highest BCUT2D eigenvalue weighted by atomic mass is 32.2. The summed E-state index contributed by atoms with van der Waals surface area (Å²) in [5.41, 5.74) is 0.512. The van der Waals surface area contributed by atoms with Crippen molar-refractivity contribution in [1.82, 2.24) is 5.32 Å². The lowest BCUT2D eigenvalue weighted by molar-refractivity contribution is -0.383. The molecule has 7 nitrogen and oxygen atoms in total. The van der Waals surface area contributed by atoms with Gasteiger partial charge in [0.2, 0.25) is 0 Å². The zero-order valence-electron chi connectivity index (χ0n) is 11.3. The highest BCUT2D eigenvalue weighted by Crippen LogP contribution is 2.24. The lowest BCUT2D eigenvalue weighted by atomic mass is 10.1. The summed E-state index contributed by atoms with van der Waals surface area (Å²) in [6, 6.07) is 4.10. The maximum Gasteiger partial charge on any atom is 0.292 e. The quantitative estimate of drug-likeness (QED) is 0.580. The average Bonchev–Trinajstić information content (AvgIpc) is 2.45.